The molecule has 0 aromatic rings. The highest BCUT2D eigenvalue weighted by molar-refractivity contribution is 7.99. The molecule has 17 heavy (non-hydrogen) atoms. The van der Waals surface area contributed by atoms with Gasteiger partial charge in [0.1, 0.15) is 0 Å². The molecule has 0 amide bonds. The van der Waals surface area contributed by atoms with E-state index in [2.05, 4.69) is 24.8 Å². The summed E-state index contributed by atoms with van der Waals surface area (Å²) in [5.74, 6) is 0.589. The van der Waals surface area contributed by atoms with Crippen LogP contribution in [-0.2, 0) is 10.0 Å². The molecular weight excluding hydrogens is 254 g/mol. The zero-order chi connectivity index (χ0) is 12.9. The van der Waals surface area contributed by atoms with Crippen LogP contribution < -0.4 is 4.72 Å². The van der Waals surface area contributed by atoms with Crippen LogP contribution in [0.1, 0.15) is 46.0 Å². The number of nitrogens with one attached hydrogen (secondary N) is 1. The average molecular weight is 279 g/mol. The Morgan fingerprint density at radius 1 is 1.29 bits per heavy atom. The molecule has 1 N–H and O–H groups in total. The van der Waals surface area contributed by atoms with Gasteiger partial charge in [0.05, 0.1) is 5.75 Å². The summed E-state index contributed by atoms with van der Waals surface area (Å²) >= 11 is 1.85. The van der Waals surface area contributed by atoms with Gasteiger partial charge in [-0.1, -0.05) is 26.7 Å². The third-order valence-electron chi connectivity index (χ3n) is 3.67. The first kappa shape index (κ1) is 15.3. The number of hydrogen-bond acceptors (Lipinski definition) is 3. The monoisotopic (exact) mass is 279 g/mol. The topological polar surface area (TPSA) is 46.2 Å². The summed E-state index contributed by atoms with van der Waals surface area (Å²) in [6, 6.07) is 0.173. The van der Waals surface area contributed by atoms with Crippen molar-refractivity contribution in [3.8, 4) is 0 Å². The number of sulfonamides is 1. The van der Waals surface area contributed by atoms with Gasteiger partial charge in [0, 0.05) is 11.3 Å². The first-order valence-corrected chi connectivity index (χ1v) is 9.47. The first-order valence-electron chi connectivity index (χ1n) is 6.53. The van der Waals surface area contributed by atoms with Crippen LogP contribution in [0.2, 0.25) is 0 Å². The molecule has 0 bridgehead atoms. The lowest BCUT2D eigenvalue weighted by Gasteiger charge is -2.17. The number of hydrogen-bond donors (Lipinski definition) is 1. The van der Waals surface area contributed by atoms with E-state index in [-0.39, 0.29) is 6.04 Å². The van der Waals surface area contributed by atoms with Crippen LogP contribution in [0.4, 0.5) is 0 Å². The fourth-order valence-electron chi connectivity index (χ4n) is 2.40. The van der Waals surface area contributed by atoms with Crippen molar-refractivity contribution < 1.29 is 8.42 Å². The van der Waals surface area contributed by atoms with Crippen LogP contribution in [0.3, 0.4) is 0 Å². The van der Waals surface area contributed by atoms with E-state index in [0.29, 0.717) is 16.9 Å². The van der Waals surface area contributed by atoms with Crippen molar-refractivity contribution in [1.82, 2.24) is 4.72 Å². The fourth-order valence-corrected chi connectivity index (χ4v) is 5.10. The molecule has 1 saturated carbocycles. The molecule has 1 aliphatic rings. The van der Waals surface area contributed by atoms with E-state index < -0.39 is 10.0 Å². The van der Waals surface area contributed by atoms with Gasteiger partial charge in [-0.05, 0) is 31.4 Å². The van der Waals surface area contributed by atoms with Crippen LogP contribution in [0.25, 0.3) is 0 Å². The van der Waals surface area contributed by atoms with Crippen LogP contribution in [0.5, 0.6) is 0 Å². The number of thioether (sulfide) groups is 1. The quantitative estimate of drug-likeness (QED) is 0.779. The van der Waals surface area contributed by atoms with Crippen molar-refractivity contribution in [2.24, 2.45) is 5.92 Å². The van der Waals surface area contributed by atoms with Gasteiger partial charge < -0.3 is 0 Å². The third-order valence-corrected chi connectivity index (χ3v) is 6.37. The molecule has 3 nitrogen and oxygen atoms in total. The van der Waals surface area contributed by atoms with E-state index in [1.54, 1.807) is 0 Å². The molecule has 5 heteroatoms. The molecule has 2 atom stereocenters. The second kappa shape index (κ2) is 7.00. The van der Waals surface area contributed by atoms with Gasteiger partial charge in [-0.15, -0.1) is 0 Å². The Morgan fingerprint density at radius 2 is 1.94 bits per heavy atom. The smallest absolute Gasteiger partial charge is 0.212 e. The molecule has 102 valence electrons. The highest BCUT2D eigenvalue weighted by Gasteiger charge is 2.28. The Balaban J connectivity index is 2.44. The van der Waals surface area contributed by atoms with Crippen molar-refractivity contribution in [1.29, 1.82) is 0 Å². The lowest BCUT2D eigenvalue weighted by Crippen LogP contribution is -2.36. The molecule has 0 unspecified atom stereocenters. The minimum Gasteiger partial charge on any atom is -0.212 e. The molecule has 1 fully saturated rings. The van der Waals surface area contributed by atoms with E-state index in [1.807, 2.05) is 11.8 Å². The molecule has 0 saturated heterocycles. The predicted molar refractivity (Wildman–Crippen MR) is 75.9 cm³/mol. The highest BCUT2D eigenvalue weighted by Crippen LogP contribution is 2.28. The van der Waals surface area contributed by atoms with Crippen molar-refractivity contribution in [3.63, 3.8) is 0 Å². The van der Waals surface area contributed by atoms with Gasteiger partial charge in [0.25, 0.3) is 0 Å². The number of rotatable bonds is 7. The van der Waals surface area contributed by atoms with Crippen molar-refractivity contribution >= 4 is 21.8 Å². The fraction of sp³-hybridized carbons (Fsp3) is 1.00. The minimum atomic E-state index is -3.08. The van der Waals surface area contributed by atoms with Gasteiger partial charge in [-0.3, -0.25) is 0 Å². The maximum Gasteiger partial charge on any atom is 0.212 e. The molecular formula is C12H25NO2S2. The van der Waals surface area contributed by atoms with E-state index in [4.69, 9.17) is 0 Å². The molecule has 1 aliphatic carbocycles. The Labute approximate surface area is 110 Å². The van der Waals surface area contributed by atoms with Gasteiger partial charge in [-0.2, -0.15) is 11.8 Å². The second-order valence-corrected chi connectivity index (χ2v) is 7.89. The maximum atomic E-state index is 12.0. The van der Waals surface area contributed by atoms with Crippen molar-refractivity contribution in [2.45, 2.75) is 57.2 Å². The molecule has 0 aromatic heterocycles. The zero-order valence-corrected chi connectivity index (χ0v) is 12.7. The third kappa shape index (κ3) is 5.18. The van der Waals surface area contributed by atoms with E-state index in [1.165, 1.54) is 0 Å². The molecule has 0 radical (unpaired) electrons. The highest BCUT2D eigenvalue weighted by atomic mass is 32.2. The van der Waals surface area contributed by atoms with E-state index in [9.17, 15) is 8.42 Å². The summed E-state index contributed by atoms with van der Waals surface area (Å²) in [6.45, 7) is 4.12. The minimum absolute atomic E-state index is 0.173. The zero-order valence-electron chi connectivity index (χ0n) is 11.1. The van der Waals surface area contributed by atoms with Crippen molar-refractivity contribution in [3.05, 3.63) is 0 Å². The Kier molecular flexibility index (Phi) is 6.31. The summed E-state index contributed by atoms with van der Waals surface area (Å²) < 4.78 is 26.9. The van der Waals surface area contributed by atoms with Gasteiger partial charge in [0.2, 0.25) is 10.0 Å². The van der Waals surface area contributed by atoms with Gasteiger partial charge >= 0.3 is 0 Å². The SMILES string of the molecule is CCC(CC)CS(=O)(=O)N[C@H]1CC[C@@H](SC)C1. The van der Waals surface area contributed by atoms with Crippen LogP contribution in [-0.4, -0.2) is 31.7 Å². The van der Waals surface area contributed by atoms with E-state index in [0.717, 1.165) is 32.1 Å². The van der Waals surface area contributed by atoms with Crippen LogP contribution in [0, 0.1) is 5.92 Å². The largest absolute Gasteiger partial charge is 0.212 e. The Hall–Kier alpha value is 0.260. The lowest BCUT2D eigenvalue weighted by atomic mass is 10.1. The van der Waals surface area contributed by atoms with Gasteiger partial charge in [-0.25, -0.2) is 13.1 Å². The summed E-state index contributed by atoms with van der Waals surface area (Å²) in [5, 5.41) is 0.635. The average Bonchev–Trinajstić information content (AvgIpc) is 2.72. The molecule has 0 aromatic carbocycles. The second-order valence-electron chi connectivity index (χ2n) is 4.95. The summed E-state index contributed by atoms with van der Waals surface area (Å²) in [5.41, 5.74) is 0. The lowest BCUT2D eigenvalue weighted by molar-refractivity contribution is 0.506. The van der Waals surface area contributed by atoms with Crippen LogP contribution >= 0.6 is 11.8 Å². The van der Waals surface area contributed by atoms with Gasteiger partial charge in [0.15, 0.2) is 0 Å². The normalized spacial score (nSPS) is 25.6. The first-order chi connectivity index (χ1) is 8.00. The molecule has 1 rings (SSSR count). The Morgan fingerprint density at radius 3 is 2.41 bits per heavy atom. The predicted octanol–water partition coefficient (Wildman–Crippen LogP) is 2.63. The Bertz CT molecular complexity index is 312. The summed E-state index contributed by atoms with van der Waals surface area (Å²) in [6.07, 6.45) is 7.10. The standard InChI is InChI=1S/C12H25NO2S2/c1-4-10(5-2)9-17(14,15)13-11-6-7-12(8-11)16-3/h10-13H,4-9H2,1-3H3/t11-,12+/m0/s1. The maximum absolute atomic E-state index is 12.0. The van der Waals surface area contributed by atoms with Crippen molar-refractivity contribution in [2.75, 3.05) is 12.0 Å². The van der Waals surface area contributed by atoms with E-state index >= 15 is 0 Å². The summed E-state index contributed by atoms with van der Waals surface area (Å²) in [7, 11) is -3.08. The molecule has 0 heterocycles. The van der Waals surface area contributed by atoms with Crippen LogP contribution in [0.15, 0.2) is 0 Å². The molecule has 0 aliphatic heterocycles. The molecule has 0 spiro atoms. The summed E-state index contributed by atoms with van der Waals surface area (Å²) in [4.78, 5) is 0.